The molecule has 0 saturated heterocycles. The Labute approximate surface area is 172 Å². The summed E-state index contributed by atoms with van der Waals surface area (Å²) in [5.74, 6) is 1.23. The molecule has 0 heterocycles. The molecule has 0 aliphatic rings. The van der Waals surface area contributed by atoms with Gasteiger partial charge in [-0.1, -0.05) is 43.1 Å². The fourth-order valence-electron chi connectivity index (χ4n) is 2.60. The van der Waals surface area contributed by atoms with Crippen LogP contribution in [0.1, 0.15) is 31.9 Å². The molecule has 0 aromatic heterocycles. The van der Waals surface area contributed by atoms with Gasteiger partial charge in [0.15, 0.2) is 18.1 Å². The second-order valence-electron chi connectivity index (χ2n) is 7.07. The minimum Gasteiger partial charge on any atom is -0.490 e. The summed E-state index contributed by atoms with van der Waals surface area (Å²) in [4.78, 5) is 12.2. The maximum atomic E-state index is 12.2. The van der Waals surface area contributed by atoms with Crippen molar-refractivity contribution in [2.45, 2.75) is 34.2 Å². The molecule has 0 atom stereocenters. The molecule has 0 unspecified atom stereocenters. The second kappa shape index (κ2) is 10.9. The van der Waals surface area contributed by atoms with E-state index in [1.54, 1.807) is 0 Å². The highest BCUT2D eigenvalue weighted by Gasteiger charge is 2.14. The number of rotatable bonds is 10. The molecule has 2 aromatic rings. The monoisotopic (exact) mass is 404 g/mol. The largest absolute Gasteiger partial charge is 0.490 e. The van der Waals surface area contributed by atoms with Crippen LogP contribution in [0, 0.1) is 12.8 Å². The van der Waals surface area contributed by atoms with E-state index < -0.39 is 0 Å². The Bertz CT molecular complexity index is 776. The van der Waals surface area contributed by atoms with E-state index in [2.05, 4.69) is 24.5 Å². The first kappa shape index (κ1) is 22.1. The van der Waals surface area contributed by atoms with Crippen molar-refractivity contribution >= 4 is 23.2 Å². The number of nitrogens with one attached hydrogen (secondary N) is 2. The number of hydrogen-bond donors (Lipinski definition) is 2. The summed E-state index contributed by atoms with van der Waals surface area (Å²) in [6, 6.07) is 11.3. The van der Waals surface area contributed by atoms with Gasteiger partial charge in [0.25, 0.3) is 5.91 Å². The van der Waals surface area contributed by atoms with Crippen molar-refractivity contribution in [3.05, 3.63) is 52.5 Å². The Kier molecular flexibility index (Phi) is 8.61. The first-order valence-corrected chi connectivity index (χ1v) is 9.92. The number of carbonyl (C=O) groups excluding carboxylic acids is 1. The number of carbonyl (C=O) groups is 1. The summed E-state index contributed by atoms with van der Waals surface area (Å²) in [5.41, 5.74) is 2.86. The molecule has 5 nitrogen and oxygen atoms in total. The smallest absolute Gasteiger partial charge is 0.262 e. The van der Waals surface area contributed by atoms with Crippen molar-refractivity contribution in [3.63, 3.8) is 0 Å². The van der Waals surface area contributed by atoms with Gasteiger partial charge < -0.3 is 20.1 Å². The van der Waals surface area contributed by atoms with Crippen LogP contribution in [0.3, 0.4) is 0 Å². The molecule has 2 rings (SSSR count). The molecule has 28 heavy (non-hydrogen) atoms. The molecule has 0 saturated carbocycles. The number of ether oxygens (including phenoxy) is 2. The molecule has 2 N–H and O–H groups in total. The highest BCUT2D eigenvalue weighted by molar-refractivity contribution is 6.32. The molecule has 0 bridgehead atoms. The lowest BCUT2D eigenvalue weighted by molar-refractivity contribution is -0.118. The summed E-state index contributed by atoms with van der Waals surface area (Å²) in [5, 5.41) is 6.61. The predicted octanol–water partition coefficient (Wildman–Crippen LogP) is 4.81. The van der Waals surface area contributed by atoms with Crippen molar-refractivity contribution in [2.75, 3.05) is 25.1 Å². The van der Waals surface area contributed by atoms with Gasteiger partial charge in [-0.15, -0.1) is 0 Å². The number of benzene rings is 2. The van der Waals surface area contributed by atoms with Crippen LogP contribution in [0.25, 0.3) is 0 Å². The van der Waals surface area contributed by atoms with Gasteiger partial charge in [-0.2, -0.15) is 0 Å². The van der Waals surface area contributed by atoms with Crippen LogP contribution in [0.2, 0.25) is 5.02 Å². The Morgan fingerprint density at radius 3 is 2.50 bits per heavy atom. The highest BCUT2D eigenvalue weighted by atomic mass is 35.5. The van der Waals surface area contributed by atoms with E-state index in [4.69, 9.17) is 21.1 Å². The van der Waals surface area contributed by atoms with Gasteiger partial charge in [0, 0.05) is 12.2 Å². The number of halogens is 1. The first-order chi connectivity index (χ1) is 13.4. The zero-order valence-corrected chi connectivity index (χ0v) is 17.7. The van der Waals surface area contributed by atoms with E-state index in [1.165, 1.54) is 0 Å². The zero-order chi connectivity index (χ0) is 20.5. The van der Waals surface area contributed by atoms with Crippen molar-refractivity contribution in [1.29, 1.82) is 0 Å². The standard InChI is InChI=1S/C22H29ClN2O3/c1-5-27-20-11-17(13-24-12-15(2)3)10-19(23)22(20)28-14-21(26)25-18-8-6-16(4)7-9-18/h6-11,15,24H,5,12-14H2,1-4H3,(H,25,26). The van der Waals surface area contributed by atoms with Gasteiger partial charge in [0.05, 0.1) is 11.6 Å². The fraction of sp³-hybridized carbons (Fsp3) is 0.409. The van der Waals surface area contributed by atoms with E-state index in [-0.39, 0.29) is 12.5 Å². The number of hydrogen-bond acceptors (Lipinski definition) is 4. The molecule has 2 aromatic carbocycles. The van der Waals surface area contributed by atoms with Gasteiger partial charge in [-0.25, -0.2) is 0 Å². The van der Waals surface area contributed by atoms with Crippen molar-refractivity contribution in [1.82, 2.24) is 5.32 Å². The Morgan fingerprint density at radius 1 is 1.14 bits per heavy atom. The number of aryl methyl sites for hydroxylation is 1. The van der Waals surface area contributed by atoms with Crippen LogP contribution < -0.4 is 20.1 Å². The van der Waals surface area contributed by atoms with Crippen molar-refractivity contribution in [3.8, 4) is 11.5 Å². The zero-order valence-electron chi connectivity index (χ0n) is 17.0. The minimum absolute atomic E-state index is 0.154. The molecular weight excluding hydrogens is 376 g/mol. The lowest BCUT2D eigenvalue weighted by Gasteiger charge is -2.16. The van der Waals surface area contributed by atoms with Crippen LogP contribution in [0.15, 0.2) is 36.4 Å². The molecule has 0 radical (unpaired) electrons. The normalized spacial score (nSPS) is 10.8. The van der Waals surface area contributed by atoms with Crippen molar-refractivity contribution in [2.24, 2.45) is 5.92 Å². The quantitative estimate of drug-likeness (QED) is 0.596. The Hall–Kier alpha value is -2.24. The van der Waals surface area contributed by atoms with Crippen LogP contribution in [0.4, 0.5) is 5.69 Å². The molecule has 1 amide bonds. The summed E-state index contributed by atoms with van der Waals surface area (Å²) in [6.45, 7) is 10.1. The van der Waals surface area contributed by atoms with E-state index in [0.717, 1.165) is 23.4 Å². The van der Waals surface area contributed by atoms with E-state index in [1.807, 2.05) is 50.2 Å². The van der Waals surface area contributed by atoms with Crippen molar-refractivity contribution < 1.29 is 14.3 Å². The highest BCUT2D eigenvalue weighted by Crippen LogP contribution is 2.36. The van der Waals surface area contributed by atoms with Gasteiger partial charge in [-0.05, 0) is 56.1 Å². The third kappa shape index (κ3) is 7.06. The Balaban J connectivity index is 2.02. The van der Waals surface area contributed by atoms with Gasteiger partial charge in [0.2, 0.25) is 0 Å². The lowest BCUT2D eigenvalue weighted by atomic mass is 10.1. The topological polar surface area (TPSA) is 59.6 Å². The van der Waals surface area contributed by atoms with Crippen LogP contribution in [-0.2, 0) is 11.3 Å². The average Bonchev–Trinajstić information content (AvgIpc) is 2.63. The number of amides is 1. The third-order valence-electron chi connectivity index (χ3n) is 3.93. The van der Waals surface area contributed by atoms with E-state index >= 15 is 0 Å². The summed E-state index contributed by atoms with van der Waals surface area (Å²) < 4.78 is 11.4. The minimum atomic E-state index is -0.259. The third-order valence-corrected chi connectivity index (χ3v) is 4.21. The maximum absolute atomic E-state index is 12.2. The average molecular weight is 405 g/mol. The van der Waals surface area contributed by atoms with Crippen LogP contribution in [0.5, 0.6) is 11.5 Å². The molecule has 0 aliphatic heterocycles. The predicted molar refractivity (Wildman–Crippen MR) is 114 cm³/mol. The van der Waals surface area contributed by atoms with Gasteiger partial charge in [0.1, 0.15) is 0 Å². The Morgan fingerprint density at radius 2 is 1.86 bits per heavy atom. The summed E-state index contributed by atoms with van der Waals surface area (Å²) in [6.07, 6.45) is 0. The molecule has 0 aliphatic carbocycles. The lowest BCUT2D eigenvalue weighted by Crippen LogP contribution is -2.21. The molecule has 6 heteroatoms. The summed E-state index contributed by atoms with van der Waals surface area (Å²) in [7, 11) is 0. The van der Waals surface area contributed by atoms with Crippen LogP contribution in [-0.4, -0.2) is 25.7 Å². The first-order valence-electron chi connectivity index (χ1n) is 9.54. The number of anilines is 1. The SMILES string of the molecule is CCOc1cc(CNCC(C)C)cc(Cl)c1OCC(=O)Nc1ccc(C)cc1. The van der Waals surface area contributed by atoms with Gasteiger partial charge >= 0.3 is 0 Å². The summed E-state index contributed by atoms with van der Waals surface area (Å²) >= 11 is 6.41. The van der Waals surface area contributed by atoms with Gasteiger partial charge in [-0.3, -0.25) is 4.79 Å². The molecule has 0 fully saturated rings. The van der Waals surface area contributed by atoms with Crippen LogP contribution >= 0.6 is 11.6 Å². The van der Waals surface area contributed by atoms with E-state index in [0.29, 0.717) is 35.6 Å². The maximum Gasteiger partial charge on any atom is 0.262 e. The molecule has 0 spiro atoms. The second-order valence-corrected chi connectivity index (χ2v) is 7.47. The molecule has 152 valence electrons. The van der Waals surface area contributed by atoms with E-state index in [9.17, 15) is 4.79 Å². The fourth-order valence-corrected chi connectivity index (χ4v) is 2.89. The molecular formula is C22H29ClN2O3.